The van der Waals surface area contributed by atoms with Crippen molar-refractivity contribution in [1.82, 2.24) is 15.1 Å². The topological polar surface area (TPSA) is 29.9 Å². The van der Waals surface area contributed by atoms with Crippen LogP contribution < -0.4 is 5.32 Å². The van der Waals surface area contributed by atoms with Crippen LogP contribution in [-0.2, 0) is 6.54 Å². The summed E-state index contributed by atoms with van der Waals surface area (Å²) in [6, 6.07) is 2.87. The summed E-state index contributed by atoms with van der Waals surface area (Å²) in [7, 11) is 0. The number of hydrogen-bond donors (Lipinski definition) is 1. The summed E-state index contributed by atoms with van der Waals surface area (Å²) < 4.78 is 2.14. The van der Waals surface area contributed by atoms with Crippen molar-refractivity contribution in [3.8, 4) is 0 Å². The molecule has 0 amide bonds. The van der Waals surface area contributed by atoms with E-state index in [1.54, 1.807) is 0 Å². The molecule has 3 nitrogen and oxygen atoms in total. The van der Waals surface area contributed by atoms with Gasteiger partial charge in [-0.25, -0.2) is 0 Å². The summed E-state index contributed by atoms with van der Waals surface area (Å²) in [6.45, 7) is 13.8. The summed E-state index contributed by atoms with van der Waals surface area (Å²) in [5.41, 5.74) is 3.42. The van der Waals surface area contributed by atoms with Gasteiger partial charge >= 0.3 is 0 Å². The zero-order chi connectivity index (χ0) is 15.3. The highest BCUT2D eigenvalue weighted by molar-refractivity contribution is 5.13. The number of nitrogens with one attached hydrogen (secondary N) is 1. The second-order valence-corrected chi connectivity index (χ2v) is 8.12. The summed E-state index contributed by atoms with van der Waals surface area (Å²) in [5, 5.41) is 8.41. The van der Waals surface area contributed by atoms with Gasteiger partial charge in [0.1, 0.15) is 0 Å². The fourth-order valence-corrected chi connectivity index (χ4v) is 4.92. The molecule has 0 spiro atoms. The van der Waals surface area contributed by atoms with Crippen molar-refractivity contribution < 1.29 is 0 Å². The van der Waals surface area contributed by atoms with Crippen molar-refractivity contribution in [2.24, 2.45) is 16.7 Å². The molecule has 2 aliphatic rings. The van der Waals surface area contributed by atoms with E-state index in [9.17, 15) is 0 Å². The van der Waals surface area contributed by atoms with Crippen LogP contribution in [0.3, 0.4) is 0 Å². The van der Waals surface area contributed by atoms with E-state index < -0.39 is 0 Å². The van der Waals surface area contributed by atoms with Crippen molar-refractivity contribution >= 4 is 0 Å². The molecule has 2 bridgehead atoms. The highest BCUT2D eigenvalue weighted by atomic mass is 15.3. The minimum absolute atomic E-state index is 0.496. The fraction of sp³-hybridized carbons (Fsp3) is 0.833. The first-order valence-electron chi connectivity index (χ1n) is 8.59. The Morgan fingerprint density at radius 2 is 2.10 bits per heavy atom. The van der Waals surface area contributed by atoms with Crippen LogP contribution in [-0.4, -0.2) is 22.4 Å². The zero-order valence-corrected chi connectivity index (χ0v) is 14.4. The smallest absolute Gasteiger partial charge is 0.0596 e. The van der Waals surface area contributed by atoms with Crippen LogP contribution in [0.25, 0.3) is 0 Å². The van der Waals surface area contributed by atoms with E-state index in [1.165, 1.54) is 31.4 Å². The maximum atomic E-state index is 4.54. The van der Waals surface area contributed by atoms with Gasteiger partial charge in [0, 0.05) is 18.3 Å². The lowest BCUT2D eigenvalue weighted by atomic mass is 9.69. The van der Waals surface area contributed by atoms with E-state index in [-0.39, 0.29) is 0 Å². The molecule has 3 rings (SSSR count). The van der Waals surface area contributed by atoms with E-state index in [0.29, 0.717) is 16.9 Å². The number of aryl methyl sites for hydroxylation is 3. The van der Waals surface area contributed by atoms with E-state index in [4.69, 9.17) is 0 Å². The molecule has 3 atom stereocenters. The Morgan fingerprint density at radius 1 is 1.33 bits per heavy atom. The molecule has 118 valence electrons. The fourth-order valence-electron chi connectivity index (χ4n) is 4.92. The van der Waals surface area contributed by atoms with Crippen LogP contribution in [0.15, 0.2) is 6.07 Å². The minimum Gasteiger partial charge on any atom is -0.313 e. The van der Waals surface area contributed by atoms with Crippen molar-refractivity contribution in [1.29, 1.82) is 0 Å². The predicted molar refractivity (Wildman–Crippen MR) is 87.3 cm³/mol. The van der Waals surface area contributed by atoms with E-state index in [2.05, 4.69) is 55.8 Å². The molecule has 0 aliphatic heterocycles. The molecular formula is C18H31N3. The Bertz CT molecular complexity index is 517. The highest BCUT2D eigenvalue weighted by Crippen LogP contribution is 2.65. The molecule has 0 radical (unpaired) electrons. The van der Waals surface area contributed by atoms with Crippen LogP contribution in [0, 0.1) is 30.6 Å². The third kappa shape index (κ3) is 2.34. The molecule has 3 heteroatoms. The van der Waals surface area contributed by atoms with Crippen molar-refractivity contribution in [3.05, 3.63) is 17.5 Å². The average Bonchev–Trinajstić information content (AvgIpc) is 2.91. The van der Waals surface area contributed by atoms with E-state index in [1.807, 2.05) is 0 Å². The van der Waals surface area contributed by atoms with Crippen LogP contribution >= 0.6 is 0 Å². The van der Waals surface area contributed by atoms with Gasteiger partial charge in [-0.1, -0.05) is 20.8 Å². The van der Waals surface area contributed by atoms with E-state index in [0.717, 1.165) is 24.7 Å². The SMILES string of the molecule is Cc1cc(C)n(CCCNC2CC3CCC2(C)C3(C)C)n1. The molecule has 21 heavy (non-hydrogen) atoms. The second-order valence-electron chi connectivity index (χ2n) is 8.12. The Morgan fingerprint density at radius 3 is 2.62 bits per heavy atom. The molecule has 3 unspecified atom stereocenters. The lowest BCUT2D eigenvalue weighted by Gasteiger charge is -2.39. The van der Waals surface area contributed by atoms with Crippen LogP contribution in [0.5, 0.6) is 0 Å². The van der Waals surface area contributed by atoms with Gasteiger partial charge in [-0.05, 0) is 68.9 Å². The van der Waals surface area contributed by atoms with Crippen molar-refractivity contribution in [3.63, 3.8) is 0 Å². The normalized spacial score (nSPS) is 33.8. The highest BCUT2D eigenvalue weighted by Gasteiger charge is 2.60. The van der Waals surface area contributed by atoms with Crippen molar-refractivity contribution in [2.75, 3.05) is 6.54 Å². The van der Waals surface area contributed by atoms with Gasteiger partial charge in [-0.15, -0.1) is 0 Å². The van der Waals surface area contributed by atoms with Gasteiger partial charge in [0.25, 0.3) is 0 Å². The van der Waals surface area contributed by atoms with Gasteiger partial charge in [0.15, 0.2) is 0 Å². The molecule has 2 fully saturated rings. The van der Waals surface area contributed by atoms with Gasteiger partial charge in [-0.3, -0.25) is 4.68 Å². The van der Waals surface area contributed by atoms with E-state index >= 15 is 0 Å². The van der Waals surface area contributed by atoms with Crippen LogP contribution in [0.4, 0.5) is 0 Å². The molecule has 1 N–H and O–H groups in total. The van der Waals surface area contributed by atoms with Gasteiger partial charge < -0.3 is 5.32 Å². The molecule has 2 aliphatic carbocycles. The standard InChI is InChI=1S/C18H31N3/c1-13-11-14(2)21(20-13)10-6-9-19-16-12-15-7-8-18(16,5)17(15,3)4/h11,15-16,19H,6-10,12H2,1-5H3. The largest absolute Gasteiger partial charge is 0.313 e. The predicted octanol–water partition coefficient (Wildman–Crippen LogP) is 3.69. The maximum Gasteiger partial charge on any atom is 0.0596 e. The zero-order valence-electron chi connectivity index (χ0n) is 14.4. The third-order valence-corrected chi connectivity index (χ3v) is 6.83. The molecule has 1 heterocycles. The minimum atomic E-state index is 0.496. The van der Waals surface area contributed by atoms with Crippen molar-refractivity contribution in [2.45, 2.75) is 72.9 Å². The first-order chi connectivity index (χ1) is 9.84. The van der Waals surface area contributed by atoms with Gasteiger partial charge in [0.2, 0.25) is 0 Å². The Labute approximate surface area is 129 Å². The molecule has 1 aromatic rings. The quantitative estimate of drug-likeness (QED) is 0.838. The maximum absolute atomic E-state index is 4.54. The lowest BCUT2D eigenvalue weighted by molar-refractivity contribution is 0.121. The van der Waals surface area contributed by atoms with Gasteiger partial charge in [-0.2, -0.15) is 5.10 Å². The Kier molecular flexibility index (Phi) is 3.67. The number of rotatable bonds is 5. The first-order valence-corrected chi connectivity index (χ1v) is 8.59. The first kappa shape index (κ1) is 15.1. The lowest BCUT2D eigenvalue weighted by Crippen LogP contribution is -2.44. The average molecular weight is 289 g/mol. The molecule has 0 aromatic carbocycles. The van der Waals surface area contributed by atoms with Gasteiger partial charge in [0.05, 0.1) is 5.69 Å². The molecule has 1 aromatic heterocycles. The summed E-state index contributed by atoms with van der Waals surface area (Å²) in [5.74, 6) is 0.927. The molecular weight excluding hydrogens is 258 g/mol. The summed E-state index contributed by atoms with van der Waals surface area (Å²) in [4.78, 5) is 0. The third-order valence-electron chi connectivity index (χ3n) is 6.83. The number of nitrogens with zero attached hydrogens (tertiary/aromatic N) is 2. The molecule has 0 saturated heterocycles. The molecule has 2 saturated carbocycles. The monoisotopic (exact) mass is 289 g/mol. The Hall–Kier alpha value is -0.830. The Balaban J connectivity index is 1.50. The van der Waals surface area contributed by atoms with Crippen LogP contribution in [0.2, 0.25) is 0 Å². The number of hydrogen-bond acceptors (Lipinski definition) is 2. The summed E-state index contributed by atoms with van der Waals surface area (Å²) >= 11 is 0. The second kappa shape index (κ2) is 5.12. The van der Waals surface area contributed by atoms with Crippen LogP contribution in [0.1, 0.15) is 57.8 Å². The number of fused-ring (bicyclic) bond motifs is 2. The summed E-state index contributed by atoms with van der Waals surface area (Å²) in [6.07, 6.45) is 5.39. The number of aromatic nitrogens is 2.